The van der Waals surface area contributed by atoms with Crippen molar-refractivity contribution in [1.29, 1.82) is 0 Å². The summed E-state index contributed by atoms with van der Waals surface area (Å²) in [5.41, 5.74) is 0.121. The highest BCUT2D eigenvalue weighted by atomic mass is 32.2. The largest absolute Gasteiger partial charge is 0.391 e. The third-order valence-electron chi connectivity index (χ3n) is 6.02. The van der Waals surface area contributed by atoms with E-state index in [2.05, 4.69) is 15.6 Å². The van der Waals surface area contributed by atoms with Crippen molar-refractivity contribution in [1.82, 2.24) is 30.1 Å². The van der Waals surface area contributed by atoms with Crippen molar-refractivity contribution in [2.24, 2.45) is 5.41 Å². The molecule has 2 aliphatic heterocycles. The molecule has 1 aromatic heterocycles. The van der Waals surface area contributed by atoms with Gasteiger partial charge in [0.15, 0.2) is 9.84 Å². The van der Waals surface area contributed by atoms with Gasteiger partial charge >= 0.3 is 0 Å². The maximum Gasteiger partial charge on any atom is 0.248 e. The van der Waals surface area contributed by atoms with Crippen molar-refractivity contribution in [3.8, 4) is 0 Å². The lowest BCUT2D eigenvalue weighted by molar-refractivity contribution is -0.144. The van der Waals surface area contributed by atoms with E-state index < -0.39 is 33.4 Å². The van der Waals surface area contributed by atoms with E-state index in [1.165, 1.54) is 16.6 Å². The van der Waals surface area contributed by atoms with Gasteiger partial charge in [0.05, 0.1) is 29.5 Å². The topological polar surface area (TPSA) is 138 Å². The quantitative estimate of drug-likeness (QED) is 0.570. The van der Waals surface area contributed by atoms with E-state index >= 15 is 0 Å². The van der Waals surface area contributed by atoms with Crippen LogP contribution in [0.3, 0.4) is 0 Å². The fourth-order valence-corrected chi connectivity index (χ4v) is 5.71. The number of hydrogen-bond acceptors (Lipinski definition) is 8. The van der Waals surface area contributed by atoms with E-state index in [-0.39, 0.29) is 36.3 Å². The highest BCUT2D eigenvalue weighted by Crippen LogP contribution is 2.34. The van der Waals surface area contributed by atoms with Crippen molar-refractivity contribution in [2.45, 2.75) is 58.3 Å². The monoisotopic (exact) mass is 470 g/mol. The number of nitrogens with zero attached hydrogens (tertiary/aromatic N) is 5. The Balaban J connectivity index is 1.79. The molecule has 0 aromatic carbocycles. The molecular weight excluding hydrogens is 436 g/mol. The number of aliphatic hydroxyl groups is 1. The van der Waals surface area contributed by atoms with Gasteiger partial charge in [-0.2, -0.15) is 0 Å². The average Bonchev–Trinajstić information content (AvgIpc) is 3.26. The molecule has 0 spiro atoms. The molecule has 0 bridgehead atoms. The molecule has 0 aliphatic carbocycles. The van der Waals surface area contributed by atoms with Crippen molar-refractivity contribution < 1.29 is 23.1 Å². The Hall–Kier alpha value is -2.05. The lowest BCUT2D eigenvalue weighted by Crippen LogP contribution is -2.49. The fraction of sp³-hybridized carbons (Fsp3) is 0.800. The summed E-state index contributed by atoms with van der Waals surface area (Å²) in [7, 11) is -1.49. The first-order chi connectivity index (χ1) is 14.9. The normalized spacial score (nSPS) is 25.3. The highest BCUT2D eigenvalue weighted by molar-refractivity contribution is 7.91. The Morgan fingerprint density at radius 1 is 1.28 bits per heavy atom. The summed E-state index contributed by atoms with van der Waals surface area (Å²) in [4.78, 5) is 29.3. The number of nitrogens with one attached hydrogen (secondary N) is 1. The maximum atomic E-state index is 13.6. The molecule has 3 atom stereocenters. The number of carbonyl (C=O) groups is 2. The third-order valence-corrected chi connectivity index (χ3v) is 7.74. The zero-order chi connectivity index (χ0) is 23.7. The van der Waals surface area contributed by atoms with Gasteiger partial charge in [0, 0.05) is 33.1 Å². The van der Waals surface area contributed by atoms with Gasteiger partial charge in [0.25, 0.3) is 0 Å². The summed E-state index contributed by atoms with van der Waals surface area (Å²) < 4.78 is 25.2. The average molecular weight is 471 g/mol. The SMILES string of the molecule is CNC(=O)[C@@H]1C[C@@H](O)CN1C(=O)[C@@H](n1cc(CN2CCCS(=O)(=O)CC2)nn1)C(C)(C)C. The molecule has 3 heterocycles. The number of sulfone groups is 1. The Bertz CT molecular complexity index is 941. The fourth-order valence-electron chi connectivity index (χ4n) is 4.40. The summed E-state index contributed by atoms with van der Waals surface area (Å²) in [6, 6.07) is -1.44. The zero-order valence-electron chi connectivity index (χ0n) is 19.2. The molecule has 3 rings (SSSR count). The number of hydrogen-bond donors (Lipinski definition) is 2. The van der Waals surface area contributed by atoms with Crippen LogP contribution >= 0.6 is 0 Å². The van der Waals surface area contributed by atoms with Gasteiger partial charge in [-0.25, -0.2) is 13.1 Å². The van der Waals surface area contributed by atoms with Crippen molar-refractivity contribution in [3.63, 3.8) is 0 Å². The highest BCUT2D eigenvalue weighted by Gasteiger charge is 2.45. The lowest BCUT2D eigenvalue weighted by atomic mass is 9.85. The molecule has 1 aromatic rings. The summed E-state index contributed by atoms with van der Waals surface area (Å²) in [6.45, 7) is 7.38. The predicted octanol–water partition coefficient (Wildman–Crippen LogP) is -0.806. The first-order valence-corrected chi connectivity index (χ1v) is 12.8. The molecular formula is C20H34N6O5S. The van der Waals surface area contributed by atoms with E-state index in [1.54, 1.807) is 6.20 Å². The number of carbonyl (C=O) groups excluding carboxylic acids is 2. The van der Waals surface area contributed by atoms with Gasteiger partial charge in [-0.3, -0.25) is 14.5 Å². The molecule has 11 nitrogen and oxygen atoms in total. The molecule has 2 N–H and O–H groups in total. The molecule has 0 saturated carbocycles. The summed E-state index contributed by atoms with van der Waals surface area (Å²) in [6.07, 6.45) is 1.74. The molecule has 2 amide bonds. The lowest BCUT2D eigenvalue weighted by Gasteiger charge is -2.34. The molecule has 2 saturated heterocycles. The first kappa shape index (κ1) is 24.6. The van der Waals surface area contributed by atoms with Gasteiger partial charge in [0.2, 0.25) is 11.8 Å². The minimum absolute atomic E-state index is 0.0906. The van der Waals surface area contributed by atoms with E-state index in [0.717, 1.165) is 0 Å². The van der Waals surface area contributed by atoms with Crippen LogP contribution in [0.1, 0.15) is 45.3 Å². The molecule has 180 valence electrons. The Kier molecular flexibility index (Phi) is 7.25. The van der Waals surface area contributed by atoms with Crippen LogP contribution in [0.4, 0.5) is 0 Å². The maximum absolute atomic E-state index is 13.6. The summed E-state index contributed by atoms with van der Waals surface area (Å²) >= 11 is 0. The second-order valence-corrected chi connectivity index (χ2v) is 12.1. The van der Waals surface area contributed by atoms with Gasteiger partial charge in [0.1, 0.15) is 12.1 Å². The van der Waals surface area contributed by atoms with Crippen LogP contribution in [-0.2, 0) is 26.0 Å². The van der Waals surface area contributed by atoms with Gasteiger partial charge in [-0.1, -0.05) is 26.0 Å². The first-order valence-electron chi connectivity index (χ1n) is 10.9. The summed E-state index contributed by atoms with van der Waals surface area (Å²) in [5, 5.41) is 21.1. The van der Waals surface area contributed by atoms with Crippen LogP contribution in [0.25, 0.3) is 0 Å². The van der Waals surface area contributed by atoms with Crippen LogP contribution in [0, 0.1) is 5.41 Å². The number of aliphatic hydroxyl groups excluding tert-OH is 1. The number of likely N-dealkylation sites (tertiary alicyclic amines) is 1. The Morgan fingerprint density at radius 3 is 2.66 bits per heavy atom. The van der Waals surface area contributed by atoms with Gasteiger partial charge < -0.3 is 15.3 Å². The zero-order valence-corrected chi connectivity index (χ0v) is 20.0. The smallest absolute Gasteiger partial charge is 0.248 e. The van der Waals surface area contributed by atoms with E-state index in [4.69, 9.17) is 0 Å². The Labute approximate surface area is 189 Å². The van der Waals surface area contributed by atoms with Gasteiger partial charge in [-0.15, -0.1) is 5.10 Å². The molecule has 0 unspecified atom stereocenters. The molecule has 2 aliphatic rings. The second-order valence-electron chi connectivity index (χ2n) is 9.75. The summed E-state index contributed by atoms with van der Waals surface area (Å²) in [5.74, 6) is -0.272. The minimum atomic E-state index is -3.00. The standard InChI is InChI=1S/C20H34N6O5S/c1-20(2,3)17(19(29)25-13-15(27)10-16(25)18(28)21-4)26-12-14(22-23-26)11-24-6-5-8-32(30,31)9-7-24/h12,15-17,27H,5-11,13H2,1-4H3,(H,21,28)/t15-,16+,17-/m1/s1. The van der Waals surface area contributed by atoms with Crippen LogP contribution in [-0.4, -0.2) is 100 Å². The number of aromatic nitrogens is 3. The van der Waals surface area contributed by atoms with Crippen molar-refractivity contribution >= 4 is 21.7 Å². The molecule has 2 fully saturated rings. The van der Waals surface area contributed by atoms with E-state index in [9.17, 15) is 23.1 Å². The molecule has 32 heavy (non-hydrogen) atoms. The van der Waals surface area contributed by atoms with Crippen LogP contribution in [0.15, 0.2) is 6.20 Å². The van der Waals surface area contributed by atoms with Crippen LogP contribution in [0.5, 0.6) is 0 Å². The van der Waals surface area contributed by atoms with Crippen LogP contribution in [0.2, 0.25) is 0 Å². The number of β-amino-alcohol motifs (C(OH)–C–C–N with tert-alkyl or cyclic N) is 1. The minimum Gasteiger partial charge on any atom is -0.391 e. The van der Waals surface area contributed by atoms with Gasteiger partial charge in [-0.05, 0) is 18.4 Å². The van der Waals surface area contributed by atoms with Crippen molar-refractivity contribution in [3.05, 3.63) is 11.9 Å². The third kappa shape index (κ3) is 5.65. The number of rotatable bonds is 5. The Morgan fingerprint density at radius 2 is 2.00 bits per heavy atom. The predicted molar refractivity (Wildman–Crippen MR) is 117 cm³/mol. The van der Waals surface area contributed by atoms with E-state index in [1.807, 2.05) is 25.7 Å². The second kappa shape index (κ2) is 9.44. The van der Waals surface area contributed by atoms with E-state index in [0.29, 0.717) is 31.7 Å². The molecule has 0 radical (unpaired) electrons. The number of likely N-dealkylation sites (N-methyl/N-ethyl adjacent to an activating group) is 1. The van der Waals surface area contributed by atoms with Crippen molar-refractivity contribution in [2.75, 3.05) is 38.2 Å². The number of amides is 2. The van der Waals surface area contributed by atoms with Crippen LogP contribution < -0.4 is 5.32 Å². The molecule has 12 heteroatoms.